The molecule has 4 aromatic carbocycles. The molecule has 2 fully saturated rings. The van der Waals surface area contributed by atoms with Gasteiger partial charge in [0.05, 0.1) is 46.4 Å². The summed E-state index contributed by atoms with van der Waals surface area (Å²) in [5.74, 6) is -2.68. The van der Waals surface area contributed by atoms with Crippen LogP contribution < -0.4 is 30.9 Å². The molecule has 0 bridgehead atoms. The third kappa shape index (κ3) is 10.8. The molecule has 0 spiro atoms. The highest BCUT2D eigenvalue weighted by Crippen LogP contribution is 2.35. The van der Waals surface area contributed by atoms with Crippen molar-refractivity contribution in [1.82, 2.24) is 20.2 Å². The van der Waals surface area contributed by atoms with Gasteiger partial charge in [-0.05, 0) is 141 Å². The number of para-hydroxylation sites is 1. The fourth-order valence-corrected chi connectivity index (χ4v) is 10.7. The topological polar surface area (TPSA) is 219 Å². The van der Waals surface area contributed by atoms with Gasteiger partial charge in [-0.3, -0.25) is 34.7 Å². The maximum atomic E-state index is 15.6. The van der Waals surface area contributed by atoms with Crippen molar-refractivity contribution in [2.45, 2.75) is 58.4 Å². The van der Waals surface area contributed by atoms with E-state index in [1.165, 1.54) is 30.5 Å². The highest BCUT2D eigenvalue weighted by atomic mass is 32.1. The Morgan fingerprint density at radius 1 is 0.915 bits per heavy atom. The lowest BCUT2D eigenvalue weighted by atomic mass is 9.88. The number of imide groups is 1. The summed E-state index contributed by atoms with van der Waals surface area (Å²) < 4.78 is 22.7. The van der Waals surface area contributed by atoms with Crippen molar-refractivity contribution in [1.29, 1.82) is 5.41 Å². The van der Waals surface area contributed by atoms with E-state index in [4.69, 9.17) is 10.1 Å². The van der Waals surface area contributed by atoms with Crippen LogP contribution in [0, 0.1) is 30.0 Å². The highest BCUT2D eigenvalue weighted by Gasteiger charge is 2.33. The summed E-state index contributed by atoms with van der Waals surface area (Å²) in [5.41, 5.74) is 5.36. The summed E-state index contributed by atoms with van der Waals surface area (Å²) in [6.45, 7) is 4.97. The summed E-state index contributed by atoms with van der Waals surface area (Å²) >= 11 is 1.42. The molecule has 71 heavy (non-hydrogen) atoms. The van der Waals surface area contributed by atoms with Crippen molar-refractivity contribution >= 4 is 79.2 Å². The van der Waals surface area contributed by atoms with E-state index >= 15 is 4.39 Å². The average molecular weight is 980 g/mol. The fourth-order valence-electron chi connectivity index (χ4n) is 9.80. The number of hydrogen-bond donors (Lipinski definition) is 6. The Labute approximate surface area is 413 Å². The van der Waals surface area contributed by atoms with Crippen molar-refractivity contribution in [2.75, 3.05) is 60.7 Å². The smallest absolute Gasteiger partial charge is 0.355 e. The predicted octanol–water partition coefficient (Wildman–Crippen LogP) is 8.29. The lowest BCUT2D eigenvalue weighted by molar-refractivity contribution is -0.134. The van der Waals surface area contributed by atoms with Crippen LogP contribution in [0.4, 0.5) is 26.7 Å². The number of nitrogens with zero attached hydrogens (tertiary/aromatic N) is 4. The number of thiazole rings is 1. The van der Waals surface area contributed by atoms with Gasteiger partial charge in [0.25, 0.3) is 5.91 Å². The number of halogens is 1. The molecule has 16 nitrogen and oxygen atoms in total. The van der Waals surface area contributed by atoms with E-state index in [0.29, 0.717) is 59.9 Å². The van der Waals surface area contributed by atoms with Gasteiger partial charge in [0, 0.05) is 43.2 Å². The molecule has 2 saturated heterocycles. The highest BCUT2D eigenvalue weighted by molar-refractivity contribution is 7.22. The first-order valence-corrected chi connectivity index (χ1v) is 24.6. The third-order valence-corrected chi connectivity index (χ3v) is 14.5. The van der Waals surface area contributed by atoms with Crippen LogP contribution in [0.1, 0.15) is 81.6 Å². The standard InChI is InChI=1S/C53H54FN9O7S/c1-30-27-33(70-26-6-7-31-20-23-62(24-21-31)29-45(65)57-41-17-14-37(48(56-2)46(41)54)47(55)38-16-19-44(64)60-51(38)67)12-13-34(30)35-15-18-43(59-49(35)52(68)69)63-25-22-32-8-5-9-36(39(32)28-63)50(66)61-53-58-40-10-3-4-11-42(40)71-53/h3-5,8-15,17-18,27,31,38,55-56H,6-7,16,19-26,28-29H2,1-2H3,(H,57,65)(H,68,69)(H,58,61,66)(H,60,64,67). The molecule has 6 N–H and O–H groups in total. The number of carbonyl (C=O) groups is 5. The molecular weight excluding hydrogens is 926 g/mol. The minimum atomic E-state index is -1.14. The normalized spacial score (nSPS) is 16.3. The quantitative estimate of drug-likeness (QED) is 0.0307. The van der Waals surface area contributed by atoms with Crippen LogP contribution in [0.5, 0.6) is 5.75 Å². The molecule has 4 amide bonds. The molecule has 366 valence electrons. The van der Waals surface area contributed by atoms with Crippen molar-refractivity contribution in [3.05, 3.63) is 124 Å². The Kier molecular flexibility index (Phi) is 14.5. The average Bonchev–Trinajstić information content (AvgIpc) is 3.78. The van der Waals surface area contributed by atoms with E-state index in [1.54, 1.807) is 12.1 Å². The van der Waals surface area contributed by atoms with Crippen molar-refractivity contribution < 1.29 is 38.2 Å². The van der Waals surface area contributed by atoms with Gasteiger partial charge in [0.15, 0.2) is 16.6 Å². The van der Waals surface area contributed by atoms with Crippen LogP contribution in [-0.2, 0) is 27.3 Å². The maximum Gasteiger partial charge on any atom is 0.355 e. The molecule has 18 heteroatoms. The van der Waals surface area contributed by atoms with E-state index in [9.17, 15) is 29.1 Å². The first kappa shape index (κ1) is 48.5. The molecule has 9 rings (SSSR count). The van der Waals surface area contributed by atoms with Gasteiger partial charge in [-0.25, -0.2) is 19.2 Å². The minimum Gasteiger partial charge on any atom is -0.494 e. The lowest BCUT2D eigenvalue weighted by Crippen LogP contribution is -2.44. The van der Waals surface area contributed by atoms with Gasteiger partial charge >= 0.3 is 5.97 Å². The summed E-state index contributed by atoms with van der Waals surface area (Å²) in [6.07, 6.45) is 4.53. The number of aromatic nitrogens is 2. The number of aryl methyl sites for hydroxylation is 1. The van der Waals surface area contributed by atoms with Crippen LogP contribution in [0.15, 0.2) is 84.9 Å². The van der Waals surface area contributed by atoms with E-state index in [1.807, 2.05) is 77.4 Å². The first-order chi connectivity index (χ1) is 34.3. The summed E-state index contributed by atoms with van der Waals surface area (Å²) in [5, 5.41) is 30.1. The zero-order valence-corrected chi connectivity index (χ0v) is 40.2. The second-order valence-electron chi connectivity index (χ2n) is 18.2. The molecule has 1 atom stereocenters. The van der Waals surface area contributed by atoms with Crippen LogP contribution in [0.3, 0.4) is 0 Å². The monoisotopic (exact) mass is 979 g/mol. The number of benzene rings is 4. The number of pyridine rings is 1. The lowest BCUT2D eigenvalue weighted by Gasteiger charge is -2.31. The minimum absolute atomic E-state index is 0.00798. The number of amides is 4. The first-order valence-electron chi connectivity index (χ1n) is 23.8. The molecule has 6 aromatic rings. The van der Waals surface area contributed by atoms with Crippen molar-refractivity contribution in [2.24, 2.45) is 11.8 Å². The molecule has 0 saturated carbocycles. The van der Waals surface area contributed by atoms with Gasteiger partial charge in [0.1, 0.15) is 11.6 Å². The van der Waals surface area contributed by atoms with Crippen LogP contribution in [-0.4, -0.2) is 95.1 Å². The van der Waals surface area contributed by atoms with Gasteiger partial charge in [-0.1, -0.05) is 41.7 Å². The predicted molar refractivity (Wildman–Crippen MR) is 271 cm³/mol. The molecule has 5 heterocycles. The Morgan fingerprint density at radius 2 is 1.72 bits per heavy atom. The zero-order chi connectivity index (χ0) is 49.8. The van der Waals surface area contributed by atoms with Crippen molar-refractivity contribution in [3.8, 4) is 16.9 Å². The fraction of sp³-hybridized carbons (Fsp3) is 0.321. The Hall–Kier alpha value is -7.57. The number of fused-ring (bicyclic) bond motifs is 2. The summed E-state index contributed by atoms with van der Waals surface area (Å²) in [7, 11) is 1.50. The van der Waals surface area contributed by atoms with Crippen molar-refractivity contribution in [3.63, 3.8) is 0 Å². The number of carboxylic acids is 1. The molecular formula is C53H54FN9O7S. The van der Waals surface area contributed by atoms with Crippen LogP contribution >= 0.6 is 11.3 Å². The number of aromatic carboxylic acids is 1. The molecule has 0 aliphatic carbocycles. The number of ether oxygens (including phenoxy) is 1. The Bertz CT molecular complexity index is 3050. The number of rotatable bonds is 16. The number of hydrogen-bond acceptors (Lipinski definition) is 13. The second kappa shape index (κ2) is 21.2. The van der Waals surface area contributed by atoms with Crippen LogP contribution in [0.2, 0.25) is 0 Å². The van der Waals surface area contributed by atoms with E-state index < -0.39 is 29.5 Å². The maximum absolute atomic E-state index is 15.6. The second-order valence-corrected chi connectivity index (χ2v) is 19.2. The molecule has 2 aromatic heterocycles. The largest absolute Gasteiger partial charge is 0.494 e. The number of piperidine rings is 2. The van der Waals surface area contributed by atoms with Gasteiger partial charge < -0.3 is 30.8 Å². The third-order valence-electron chi connectivity index (χ3n) is 13.6. The van der Waals surface area contributed by atoms with Gasteiger partial charge in [0.2, 0.25) is 17.7 Å². The van der Waals surface area contributed by atoms with Gasteiger partial charge in [-0.15, -0.1) is 0 Å². The number of carboxylic acid groups (broad SMARTS) is 1. The van der Waals surface area contributed by atoms with Crippen LogP contribution in [0.25, 0.3) is 21.3 Å². The zero-order valence-electron chi connectivity index (χ0n) is 39.4. The number of anilines is 4. The number of nitrogens with one attached hydrogen (secondary N) is 5. The molecule has 1 unspecified atom stereocenters. The molecule has 0 radical (unpaired) electrons. The number of likely N-dealkylation sites (tertiary alicyclic amines) is 1. The Morgan fingerprint density at radius 3 is 2.48 bits per heavy atom. The molecule has 3 aliphatic rings. The SMILES string of the molecule is CNc1c(C(=N)C2CCC(=O)NC2=O)ccc(NC(=O)CN2CCC(CCCOc3ccc(-c4ccc(N5CCc6cccc(C(=O)Nc7nc8ccccc8s7)c6C5)nc4C(=O)O)c(C)c3)CC2)c1F. The van der Waals surface area contributed by atoms with Gasteiger partial charge in [-0.2, -0.15) is 0 Å². The number of carbonyl (C=O) groups excluding carboxylic acids is 4. The van der Waals surface area contributed by atoms with E-state index in [-0.39, 0.29) is 59.5 Å². The van der Waals surface area contributed by atoms with E-state index in [2.05, 4.69) is 31.2 Å². The van der Waals surface area contributed by atoms with E-state index in [0.717, 1.165) is 71.2 Å². The molecule has 3 aliphatic heterocycles. The Balaban J connectivity index is 0.743. The summed E-state index contributed by atoms with van der Waals surface area (Å²) in [4.78, 5) is 76.6. The summed E-state index contributed by atoms with van der Waals surface area (Å²) in [6, 6.07) is 25.6.